The van der Waals surface area contributed by atoms with Crippen molar-refractivity contribution in [1.82, 2.24) is 5.32 Å². The minimum atomic E-state index is -0.443. The molecule has 1 aromatic rings. The first-order valence-electron chi connectivity index (χ1n) is 6.16. The average molecular weight is 249 g/mol. The van der Waals surface area contributed by atoms with Crippen LogP contribution in [0, 0.1) is 0 Å². The molecular formula is C13H19N3O2. The fraction of sp³-hybridized carbons (Fsp3) is 0.462. The van der Waals surface area contributed by atoms with E-state index in [1.807, 2.05) is 6.07 Å². The molecule has 0 unspecified atom stereocenters. The second kappa shape index (κ2) is 5.73. The molecule has 1 fully saturated rings. The zero-order valence-electron chi connectivity index (χ0n) is 10.5. The van der Waals surface area contributed by atoms with Crippen LogP contribution >= 0.6 is 0 Å². The number of ether oxygens (including phenoxy) is 1. The fourth-order valence-corrected chi connectivity index (χ4v) is 2.15. The molecule has 98 valence electrons. The van der Waals surface area contributed by atoms with Crippen LogP contribution in [-0.2, 0) is 0 Å². The van der Waals surface area contributed by atoms with Crippen LogP contribution in [0.2, 0.25) is 0 Å². The molecule has 18 heavy (non-hydrogen) atoms. The second-order valence-electron chi connectivity index (χ2n) is 4.45. The Kier molecular flexibility index (Phi) is 4.04. The molecule has 0 saturated carbocycles. The van der Waals surface area contributed by atoms with E-state index in [1.54, 1.807) is 19.2 Å². The normalized spacial score (nSPS) is 16.3. The molecule has 1 saturated heterocycles. The van der Waals surface area contributed by atoms with Crippen LogP contribution in [0.25, 0.3) is 0 Å². The molecule has 5 heteroatoms. The summed E-state index contributed by atoms with van der Waals surface area (Å²) in [5, 5.41) is 6.77. The molecule has 5 nitrogen and oxygen atoms in total. The monoisotopic (exact) mass is 249 g/mol. The highest BCUT2D eigenvalue weighted by molar-refractivity contribution is 5.93. The Morgan fingerprint density at radius 1 is 1.44 bits per heavy atom. The van der Waals surface area contributed by atoms with Gasteiger partial charge in [0.2, 0.25) is 5.91 Å². The van der Waals surface area contributed by atoms with Gasteiger partial charge in [-0.3, -0.25) is 4.79 Å². The van der Waals surface area contributed by atoms with Crippen LogP contribution in [-0.4, -0.2) is 32.1 Å². The van der Waals surface area contributed by atoms with Gasteiger partial charge in [-0.2, -0.15) is 0 Å². The lowest BCUT2D eigenvalue weighted by Gasteiger charge is -2.25. The van der Waals surface area contributed by atoms with E-state index in [1.165, 1.54) is 0 Å². The number of primary amides is 1. The summed E-state index contributed by atoms with van der Waals surface area (Å²) >= 11 is 0. The molecule has 0 spiro atoms. The summed E-state index contributed by atoms with van der Waals surface area (Å²) in [5.74, 6) is 0.214. The fourth-order valence-electron chi connectivity index (χ4n) is 2.15. The highest BCUT2D eigenvalue weighted by Crippen LogP contribution is 2.27. The molecule has 2 rings (SSSR count). The molecule has 1 aliphatic heterocycles. The van der Waals surface area contributed by atoms with Crippen molar-refractivity contribution >= 4 is 11.6 Å². The molecule has 1 amide bonds. The molecule has 0 aliphatic carbocycles. The number of piperidine rings is 1. The first kappa shape index (κ1) is 12.7. The zero-order valence-corrected chi connectivity index (χ0v) is 10.5. The van der Waals surface area contributed by atoms with Gasteiger partial charge in [-0.15, -0.1) is 0 Å². The summed E-state index contributed by atoms with van der Waals surface area (Å²) in [4.78, 5) is 11.1. The molecule has 4 N–H and O–H groups in total. The molecule has 1 heterocycles. The van der Waals surface area contributed by atoms with Crippen molar-refractivity contribution in [2.45, 2.75) is 18.9 Å². The maximum atomic E-state index is 11.1. The van der Waals surface area contributed by atoms with Crippen molar-refractivity contribution in [2.24, 2.45) is 5.73 Å². The molecule has 0 bridgehead atoms. The Bertz CT molecular complexity index is 428. The smallest absolute Gasteiger partial charge is 0.248 e. The van der Waals surface area contributed by atoms with Gasteiger partial charge in [-0.25, -0.2) is 0 Å². The molecular weight excluding hydrogens is 230 g/mol. The van der Waals surface area contributed by atoms with Crippen LogP contribution in [0.4, 0.5) is 5.69 Å². The summed E-state index contributed by atoms with van der Waals surface area (Å²) in [6, 6.07) is 5.68. The van der Waals surface area contributed by atoms with Gasteiger partial charge in [0.05, 0.1) is 12.8 Å². The Hall–Kier alpha value is -1.75. The van der Waals surface area contributed by atoms with Crippen molar-refractivity contribution < 1.29 is 9.53 Å². The lowest BCUT2D eigenvalue weighted by atomic mass is 10.1. The van der Waals surface area contributed by atoms with Crippen molar-refractivity contribution in [3.05, 3.63) is 23.8 Å². The number of anilines is 1. The van der Waals surface area contributed by atoms with Crippen molar-refractivity contribution in [1.29, 1.82) is 0 Å². The summed E-state index contributed by atoms with van der Waals surface area (Å²) in [6.07, 6.45) is 2.17. The Labute approximate surface area is 107 Å². The molecule has 0 aromatic heterocycles. The number of nitrogens with one attached hydrogen (secondary N) is 2. The third kappa shape index (κ3) is 2.92. The second-order valence-corrected chi connectivity index (χ2v) is 4.45. The number of rotatable bonds is 4. The van der Waals surface area contributed by atoms with Gasteiger partial charge in [0, 0.05) is 11.6 Å². The molecule has 1 aliphatic rings. The lowest BCUT2D eigenvalue weighted by Crippen LogP contribution is -2.35. The largest absolute Gasteiger partial charge is 0.495 e. The van der Waals surface area contributed by atoms with E-state index < -0.39 is 5.91 Å². The topological polar surface area (TPSA) is 76.4 Å². The minimum absolute atomic E-state index is 0.443. The van der Waals surface area contributed by atoms with E-state index in [2.05, 4.69) is 10.6 Å². The summed E-state index contributed by atoms with van der Waals surface area (Å²) in [5.41, 5.74) is 6.62. The predicted molar refractivity (Wildman–Crippen MR) is 71.0 cm³/mol. The first-order chi connectivity index (χ1) is 8.70. The summed E-state index contributed by atoms with van der Waals surface area (Å²) < 4.78 is 5.29. The van der Waals surface area contributed by atoms with Gasteiger partial charge in [-0.05, 0) is 44.1 Å². The van der Waals surface area contributed by atoms with Gasteiger partial charge in [-0.1, -0.05) is 0 Å². The van der Waals surface area contributed by atoms with E-state index in [9.17, 15) is 4.79 Å². The van der Waals surface area contributed by atoms with Crippen LogP contribution in [0.1, 0.15) is 23.2 Å². The standard InChI is InChI=1S/C13H19N3O2/c1-18-12-8-9(13(14)17)2-3-11(12)16-10-4-6-15-7-5-10/h2-3,8,10,15-16H,4-7H2,1H3,(H2,14,17). The number of nitrogens with two attached hydrogens (primary N) is 1. The number of amides is 1. The summed E-state index contributed by atoms with van der Waals surface area (Å²) in [6.45, 7) is 2.05. The molecule has 0 radical (unpaired) electrons. The van der Waals surface area contributed by atoms with Crippen LogP contribution in [0.5, 0.6) is 5.75 Å². The number of methoxy groups -OCH3 is 1. The molecule has 0 atom stereocenters. The Balaban J connectivity index is 2.13. The number of carbonyl (C=O) groups is 1. The Morgan fingerprint density at radius 3 is 2.78 bits per heavy atom. The van der Waals surface area contributed by atoms with E-state index in [0.29, 0.717) is 17.4 Å². The SMILES string of the molecule is COc1cc(C(N)=O)ccc1NC1CCNCC1. The third-order valence-electron chi connectivity index (χ3n) is 3.18. The number of hydrogen-bond acceptors (Lipinski definition) is 4. The highest BCUT2D eigenvalue weighted by atomic mass is 16.5. The average Bonchev–Trinajstić information content (AvgIpc) is 2.40. The predicted octanol–water partition coefficient (Wildman–Crippen LogP) is 0.958. The third-order valence-corrected chi connectivity index (χ3v) is 3.18. The molecule has 1 aromatic carbocycles. The van der Waals surface area contributed by atoms with Crippen LogP contribution in [0.3, 0.4) is 0 Å². The quantitative estimate of drug-likeness (QED) is 0.743. The van der Waals surface area contributed by atoms with Gasteiger partial charge in [0.1, 0.15) is 5.75 Å². The van der Waals surface area contributed by atoms with E-state index in [0.717, 1.165) is 31.6 Å². The van der Waals surface area contributed by atoms with Gasteiger partial charge in [0.25, 0.3) is 0 Å². The van der Waals surface area contributed by atoms with E-state index in [4.69, 9.17) is 10.5 Å². The number of carbonyl (C=O) groups excluding carboxylic acids is 1. The number of benzene rings is 1. The Morgan fingerprint density at radius 2 is 2.17 bits per heavy atom. The zero-order chi connectivity index (χ0) is 13.0. The van der Waals surface area contributed by atoms with Crippen molar-refractivity contribution in [2.75, 3.05) is 25.5 Å². The van der Waals surface area contributed by atoms with Crippen molar-refractivity contribution in [3.63, 3.8) is 0 Å². The minimum Gasteiger partial charge on any atom is -0.495 e. The number of hydrogen-bond donors (Lipinski definition) is 3. The van der Waals surface area contributed by atoms with Gasteiger partial charge >= 0.3 is 0 Å². The van der Waals surface area contributed by atoms with Crippen LogP contribution < -0.4 is 21.1 Å². The first-order valence-corrected chi connectivity index (χ1v) is 6.16. The van der Waals surface area contributed by atoms with Crippen LogP contribution in [0.15, 0.2) is 18.2 Å². The van der Waals surface area contributed by atoms with Gasteiger partial charge in [0.15, 0.2) is 0 Å². The summed E-state index contributed by atoms with van der Waals surface area (Å²) in [7, 11) is 1.59. The highest BCUT2D eigenvalue weighted by Gasteiger charge is 2.15. The maximum Gasteiger partial charge on any atom is 0.248 e. The van der Waals surface area contributed by atoms with Crippen molar-refractivity contribution in [3.8, 4) is 5.75 Å². The maximum absolute atomic E-state index is 11.1. The van der Waals surface area contributed by atoms with E-state index in [-0.39, 0.29) is 0 Å². The lowest BCUT2D eigenvalue weighted by molar-refractivity contribution is 0.1000. The van der Waals surface area contributed by atoms with E-state index >= 15 is 0 Å². The van der Waals surface area contributed by atoms with Gasteiger partial charge < -0.3 is 21.1 Å².